The Morgan fingerprint density at radius 2 is 1.94 bits per heavy atom. The molecule has 2 fully saturated rings. The summed E-state index contributed by atoms with van der Waals surface area (Å²) in [5, 5.41) is 3.89. The van der Waals surface area contributed by atoms with Gasteiger partial charge in [0.15, 0.2) is 0 Å². The average Bonchev–Trinajstić information content (AvgIpc) is 3.26. The van der Waals surface area contributed by atoms with E-state index in [9.17, 15) is 14.0 Å². The van der Waals surface area contributed by atoms with Gasteiger partial charge >= 0.3 is 0 Å². The van der Waals surface area contributed by atoms with Crippen molar-refractivity contribution in [3.63, 3.8) is 0 Å². The number of carbonyl (C=O) groups excluding carboxylic acids is 2. The van der Waals surface area contributed by atoms with Crippen molar-refractivity contribution in [3.05, 3.63) is 46.5 Å². The smallest absolute Gasteiger partial charge is 0.257 e. The van der Waals surface area contributed by atoms with Crippen molar-refractivity contribution in [2.45, 2.75) is 19.8 Å². The topological polar surface area (TPSA) is 87.7 Å². The van der Waals surface area contributed by atoms with Crippen LogP contribution >= 0.6 is 23.1 Å². The molecular weight excluding hydrogens is 493 g/mol. The van der Waals surface area contributed by atoms with E-state index in [1.807, 2.05) is 6.92 Å². The zero-order chi connectivity index (χ0) is 24.5. The minimum Gasteiger partial charge on any atom is -0.378 e. The molecule has 8 nitrogen and oxygen atoms in total. The van der Waals surface area contributed by atoms with Gasteiger partial charge in [0.1, 0.15) is 10.6 Å². The number of halogens is 2. The molecule has 2 saturated heterocycles. The molecule has 0 unspecified atom stereocenters. The van der Waals surface area contributed by atoms with Crippen LogP contribution in [0.15, 0.2) is 24.4 Å². The molecule has 3 aromatic rings. The summed E-state index contributed by atoms with van der Waals surface area (Å²) in [6.45, 7) is 5.28. The minimum atomic E-state index is -0.453. The van der Waals surface area contributed by atoms with E-state index in [-0.39, 0.29) is 22.8 Å². The zero-order valence-corrected chi connectivity index (χ0v) is 20.8. The van der Waals surface area contributed by atoms with Crippen molar-refractivity contribution in [3.8, 4) is 0 Å². The summed E-state index contributed by atoms with van der Waals surface area (Å²) in [6, 6.07) is 3.91. The molecule has 0 saturated carbocycles. The fourth-order valence-corrected chi connectivity index (χ4v) is 5.61. The number of nitrogens with zero attached hydrogens (tertiary/aromatic N) is 4. The minimum absolute atomic E-state index is 0.0610. The summed E-state index contributed by atoms with van der Waals surface area (Å²) in [6.07, 6.45) is 2.87. The van der Waals surface area contributed by atoms with Crippen molar-refractivity contribution in [1.82, 2.24) is 14.3 Å². The number of benzene rings is 1. The zero-order valence-electron chi connectivity index (χ0n) is 19.2. The molecule has 0 atom stereocenters. The van der Waals surface area contributed by atoms with E-state index in [1.165, 1.54) is 29.7 Å². The van der Waals surface area contributed by atoms with Crippen LogP contribution in [0.25, 0.3) is 10.2 Å². The van der Waals surface area contributed by atoms with E-state index in [1.54, 1.807) is 11.1 Å². The summed E-state index contributed by atoms with van der Waals surface area (Å²) in [7, 11) is 0. The molecule has 184 valence electrons. The molecule has 2 aromatic heterocycles. The molecule has 2 amide bonds. The highest BCUT2D eigenvalue weighted by atomic mass is 35.5. The number of piperidine rings is 1. The summed E-state index contributed by atoms with van der Waals surface area (Å²) in [4.78, 5) is 35.6. The van der Waals surface area contributed by atoms with Gasteiger partial charge in [-0.2, -0.15) is 4.37 Å². The SMILES string of the molecule is Cc1nsc2ncc(C(=O)N3CCOCC3)c(N3CCC(C(=O)Nc4ccc(F)cc4Cl)CC3)c12. The number of aromatic nitrogens is 2. The van der Waals surface area contributed by atoms with Gasteiger partial charge in [-0.1, -0.05) is 11.6 Å². The van der Waals surface area contributed by atoms with Gasteiger partial charge < -0.3 is 19.9 Å². The van der Waals surface area contributed by atoms with E-state index in [4.69, 9.17) is 16.3 Å². The highest BCUT2D eigenvalue weighted by Crippen LogP contribution is 2.37. The first-order chi connectivity index (χ1) is 16.9. The maximum absolute atomic E-state index is 13.5. The first-order valence-corrected chi connectivity index (χ1v) is 12.7. The molecule has 35 heavy (non-hydrogen) atoms. The van der Waals surface area contributed by atoms with Gasteiger partial charge in [-0.25, -0.2) is 9.37 Å². The van der Waals surface area contributed by atoms with Crippen LogP contribution in [0.2, 0.25) is 5.02 Å². The van der Waals surface area contributed by atoms with Crippen LogP contribution in [-0.4, -0.2) is 65.5 Å². The normalized spacial score (nSPS) is 17.1. The van der Waals surface area contributed by atoms with E-state index >= 15 is 0 Å². The van der Waals surface area contributed by atoms with Crippen molar-refractivity contribution in [2.24, 2.45) is 5.92 Å². The fourth-order valence-electron chi connectivity index (χ4n) is 4.65. The van der Waals surface area contributed by atoms with Gasteiger partial charge in [-0.3, -0.25) is 9.59 Å². The number of carbonyl (C=O) groups is 2. The van der Waals surface area contributed by atoms with Crippen LogP contribution in [0.5, 0.6) is 0 Å². The number of nitrogens with one attached hydrogen (secondary N) is 1. The third kappa shape index (κ3) is 4.82. The number of pyridine rings is 1. The number of fused-ring (bicyclic) bond motifs is 1. The van der Waals surface area contributed by atoms with Gasteiger partial charge in [0, 0.05) is 38.3 Å². The van der Waals surface area contributed by atoms with Crippen LogP contribution in [0.4, 0.5) is 15.8 Å². The summed E-state index contributed by atoms with van der Waals surface area (Å²) < 4.78 is 23.2. The molecule has 0 spiro atoms. The predicted octanol–water partition coefficient (Wildman–Crippen LogP) is 4.12. The number of rotatable bonds is 4. The molecule has 4 heterocycles. The number of amides is 2. The number of hydrogen-bond donors (Lipinski definition) is 1. The summed E-state index contributed by atoms with van der Waals surface area (Å²) >= 11 is 7.39. The lowest BCUT2D eigenvalue weighted by atomic mass is 9.94. The lowest BCUT2D eigenvalue weighted by Gasteiger charge is -2.35. The van der Waals surface area contributed by atoms with Crippen molar-refractivity contribution in [1.29, 1.82) is 0 Å². The van der Waals surface area contributed by atoms with Crippen LogP contribution in [0.1, 0.15) is 28.9 Å². The van der Waals surface area contributed by atoms with Gasteiger partial charge in [0.25, 0.3) is 5.91 Å². The van der Waals surface area contributed by atoms with Gasteiger partial charge in [0.2, 0.25) is 5.91 Å². The molecule has 0 radical (unpaired) electrons. The number of hydrogen-bond acceptors (Lipinski definition) is 7. The molecular formula is C24H25ClFN5O3S. The number of morpholine rings is 1. The third-order valence-corrected chi connectivity index (χ3v) is 7.71. The number of ether oxygens (including phenoxy) is 1. The molecule has 1 aromatic carbocycles. The van der Waals surface area contributed by atoms with Crippen LogP contribution < -0.4 is 10.2 Å². The van der Waals surface area contributed by atoms with E-state index in [2.05, 4.69) is 19.6 Å². The van der Waals surface area contributed by atoms with E-state index in [0.717, 1.165) is 21.6 Å². The fraction of sp³-hybridized carbons (Fsp3) is 0.417. The molecule has 0 aliphatic carbocycles. The highest BCUT2D eigenvalue weighted by molar-refractivity contribution is 7.13. The largest absolute Gasteiger partial charge is 0.378 e. The Labute approximate surface area is 211 Å². The van der Waals surface area contributed by atoms with Crippen LogP contribution in [0.3, 0.4) is 0 Å². The first kappa shape index (κ1) is 23.9. The average molecular weight is 518 g/mol. The van der Waals surface area contributed by atoms with Crippen molar-refractivity contribution in [2.75, 3.05) is 49.6 Å². The molecule has 0 bridgehead atoms. The van der Waals surface area contributed by atoms with Crippen LogP contribution in [0, 0.1) is 18.7 Å². The van der Waals surface area contributed by atoms with Gasteiger partial charge in [-0.15, -0.1) is 0 Å². The maximum atomic E-state index is 13.5. The molecule has 2 aliphatic heterocycles. The lowest BCUT2D eigenvalue weighted by molar-refractivity contribution is -0.120. The van der Waals surface area contributed by atoms with E-state index in [0.29, 0.717) is 63.5 Å². The Bertz CT molecular complexity index is 1270. The Hall–Kier alpha value is -2.82. The van der Waals surface area contributed by atoms with Crippen LogP contribution in [-0.2, 0) is 9.53 Å². The number of aryl methyl sites for hydroxylation is 1. The quantitative estimate of drug-likeness (QED) is 0.560. The molecule has 1 N–H and O–H groups in total. The molecule has 2 aliphatic rings. The Morgan fingerprint density at radius 1 is 1.20 bits per heavy atom. The molecule has 5 rings (SSSR count). The monoisotopic (exact) mass is 517 g/mol. The second-order valence-electron chi connectivity index (χ2n) is 8.75. The second-order valence-corrected chi connectivity index (χ2v) is 9.91. The highest BCUT2D eigenvalue weighted by Gasteiger charge is 2.31. The molecule has 11 heteroatoms. The lowest BCUT2D eigenvalue weighted by Crippen LogP contribution is -2.42. The standard InChI is InChI=1S/C24H25ClFN5O3S/c1-14-20-21(17(13-27-23(20)35-29-14)24(33)31-8-10-34-11-9-31)30-6-4-15(5-7-30)22(32)28-19-3-2-16(26)12-18(19)25/h2-3,12-13,15H,4-11H2,1H3,(H,28,32). The summed E-state index contributed by atoms with van der Waals surface area (Å²) in [5.41, 5.74) is 2.64. The second kappa shape index (κ2) is 10.0. The Morgan fingerprint density at radius 3 is 2.66 bits per heavy atom. The van der Waals surface area contributed by atoms with E-state index < -0.39 is 5.82 Å². The maximum Gasteiger partial charge on any atom is 0.257 e. The predicted molar refractivity (Wildman–Crippen MR) is 134 cm³/mol. The number of anilines is 2. The Kier molecular flexibility index (Phi) is 6.86. The first-order valence-electron chi connectivity index (χ1n) is 11.5. The summed E-state index contributed by atoms with van der Waals surface area (Å²) in [5.74, 6) is -0.874. The van der Waals surface area contributed by atoms with Crippen molar-refractivity contribution >= 4 is 56.5 Å². The Balaban J connectivity index is 1.36. The van der Waals surface area contributed by atoms with Gasteiger partial charge in [-0.05, 0) is 49.5 Å². The van der Waals surface area contributed by atoms with Crippen molar-refractivity contribution < 1.29 is 18.7 Å². The van der Waals surface area contributed by atoms with Gasteiger partial charge in [0.05, 0.1) is 46.3 Å². The third-order valence-electron chi connectivity index (χ3n) is 6.55.